The van der Waals surface area contributed by atoms with Crippen molar-refractivity contribution in [2.75, 3.05) is 11.9 Å². The zero-order chi connectivity index (χ0) is 18.3. The smallest absolute Gasteiger partial charge is 0.244 e. The Morgan fingerprint density at radius 1 is 1.19 bits per heavy atom. The van der Waals surface area contributed by atoms with Gasteiger partial charge in [-0.3, -0.25) is 9.69 Å². The van der Waals surface area contributed by atoms with Gasteiger partial charge in [0.2, 0.25) is 5.91 Å². The SMILES string of the molecule is CC1(C(=O)Nc2ccc(Cl)c(Cl)c2)CCN1Cc1cc2ccccc2o1. The van der Waals surface area contributed by atoms with Gasteiger partial charge in [-0.15, -0.1) is 0 Å². The lowest BCUT2D eigenvalue weighted by Gasteiger charge is -2.48. The van der Waals surface area contributed by atoms with Gasteiger partial charge in [-0.1, -0.05) is 41.4 Å². The number of nitrogens with zero attached hydrogens (tertiary/aromatic N) is 1. The number of carbonyl (C=O) groups is 1. The van der Waals surface area contributed by atoms with E-state index in [4.69, 9.17) is 27.6 Å². The van der Waals surface area contributed by atoms with E-state index in [1.54, 1.807) is 18.2 Å². The standard InChI is InChI=1S/C20H18Cl2N2O2/c1-20(19(25)23-14-6-7-16(21)17(22)11-14)8-9-24(20)12-15-10-13-4-2-3-5-18(13)26-15/h2-7,10-11H,8-9,12H2,1H3,(H,23,25). The predicted octanol–water partition coefficient (Wildman–Crippen LogP) is 5.34. The number of para-hydroxylation sites is 1. The Morgan fingerprint density at radius 3 is 2.69 bits per heavy atom. The fraction of sp³-hybridized carbons (Fsp3) is 0.250. The first kappa shape index (κ1) is 17.4. The first-order valence-electron chi connectivity index (χ1n) is 8.45. The zero-order valence-electron chi connectivity index (χ0n) is 14.3. The summed E-state index contributed by atoms with van der Waals surface area (Å²) in [6, 6.07) is 15.0. The maximum absolute atomic E-state index is 12.8. The molecule has 0 spiro atoms. The van der Waals surface area contributed by atoms with E-state index in [0.717, 1.165) is 29.7 Å². The number of fused-ring (bicyclic) bond motifs is 1. The Kier molecular flexibility index (Phi) is 4.43. The Bertz CT molecular complexity index is 952. The number of rotatable bonds is 4. The number of furan rings is 1. The Hall–Kier alpha value is -2.01. The average molecular weight is 389 g/mol. The molecule has 1 saturated heterocycles. The van der Waals surface area contributed by atoms with E-state index in [2.05, 4.69) is 10.2 Å². The second-order valence-corrected chi connectivity index (χ2v) is 7.59. The van der Waals surface area contributed by atoms with Crippen LogP contribution in [-0.4, -0.2) is 22.9 Å². The molecule has 3 aromatic rings. The van der Waals surface area contributed by atoms with Crippen molar-refractivity contribution in [1.29, 1.82) is 0 Å². The van der Waals surface area contributed by atoms with Crippen molar-refractivity contribution < 1.29 is 9.21 Å². The third kappa shape index (κ3) is 3.09. The van der Waals surface area contributed by atoms with Crippen LogP contribution < -0.4 is 5.32 Å². The van der Waals surface area contributed by atoms with Crippen molar-refractivity contribution in [2.45, 2.75) is 25.4 Å². The van der Waals surface area contributed by atoms with Crippen LogP contribution in [0.1, 0.15) is 19.1 Å². The fourth-order valence-electron chi connectivity index (χ4n) is 3.26. The molecule has 134 valence electrons. The highest BCUT2D eigenvalue weighted by Gasteiger charge is 2.47. The molecule has 2 heterocycles. The molecule has 0 bridgehead atoms. The van der Waals surface area contributed by atoms with E-state index < -0.39 is 5.54 Å². The fourth-order valence-corrected chi connectivity index (χ4v) is 3.56. The van der Waals surface area contributed by atoms with Crippen molar-refractivity contribution in [3.8, 4) is 0 Å². The number of likely N-dealkylation sites (tertiary alicyclic amines) is 1. The van der Waals surface area contributed by atoms with Gasteiger partial charge in [0, 0.05) is 17.6 Å². The number of carbonyl (C=O) groups excluding carboxylic acids is 1. The molecule has 1 fully saturated rings. The molecule has 4 nitrogen and oxygen atoms in total. The molecule has 26 heavy (non-hydrogen) atoms. The minimum atomic E-state index is -0.578. The van der Waals surface area contributed by atoms with E-state index in [9.17, 15) is 4.79 Å². The summed E-state index contributed by atoms with van der Waals surface area (Å²) < 4.78 is 5.89. The maximum atomic E-state index is 12.8. The van der Waals surface area contributed by atoms with Crippen LogP contribution in [0.15, 0.2) is 52.9 Å². The molecular formula is C20H18Cl2N2O2. The number of nitrogens with one attached hydrogen (secondary N) is 1. The van der Waals surface area contributed by atoms with Gasteiger partial charge in [0.05, 0.1) is 22.1 Å². The van der Waals surface area contributed by atoms with Gasteiger partial charge in [-0.05, 0) is 43.7 Å². The summed E-state index contributed by atoms with van der Waals surface area (Å²) in [6.45, 7) is 3.40. The lowest BCUT2D eigenvalue weighted by Crippen LogP contribution is -2.63. The summed E-state index contributed by atoms with van der Waals surface area (Å²) in [5, 5.41) is 4.90. The first-order chi connectivity index (χ1) is 12.5. The molecule has 1 aliphatic heterocycles. The molecule has 1 atom stereocenters. The number of amides is 1. The predicted molar refractivity (Wildman–Crippen MR) is 105 cm³/mol. The number of hydrogen-bond acceptors (Lipinski definition) is 3. The lowest BCUT2D eigenvalue weighted by molar-refractivity contribution is -0.136. The summed E-state index contributed by atoms with van der Waals surface area (Å²) in [5.41, 5.74) is 0.927. The van der Waals surface area contributed by atoms with E-state index in [0.29, 0.717) is 22.3 Å². The summed E-state index contributed by atoms with van der Waals surface area (Å²) in [7, 11) is 0. The molecular weight excluding hydrogens is 371 g/mol. The van der Waals surface area contributed by atoms with Crippen LogP contribution in [0.4, 0.5) is 5.69 Å². The second-order valence-electron chi connectivity index (χ2n) is 6.78. The Morgan fingerprint density at radius 2 is 2.00 bits per heavy atom. The average Bonchev–Trinajstić information content (AvgIpc) is 3.04. The molecule has 1 aliphatic rings. The van der Waals surface area contributed by atoms with Crippen LogP contribution >= 0.6 is 23.2 Å². The second kappa shape index (κ2) is 6.62. The van der Waals surface area contributed by atoms with Gasteiger partial charge in [-0.25, -0.2) is 0 Å². The van der Waals surface area contributed by atoms with Gasteiger partial charge in [0.25, 0.3) is 0 Å². The van der Waals surface area contributed by atoms with Gasteiger partial charge in [0.1, 0.15) is 11.3 Å². The maximum Gasteiger partial charge on any atom is 0.244 e. The molecule has 1 unspecified atom stereocenters. The van der Waals surface area contributed by atoms with Gasteiger partial charge in [-0.2, -0.15) is 0 Å². The molecule has 1 amide bonds. The summed E-state index contributed by atoms with van der Waals surface area (Å²) in [5.74, 6) is 0.803. The quantitative estimate of drug-likeness (QED) is 0.655. The first-order valence-corrected chi connectivity index (χ1v) is 9.20. The Balaban J connectivity index is 1.48. The van der Waals surface area contributed by atoms with E-state index in [1.165, 1.54) is 0 Å². The topological polar surface area (TPSA) is 45.5 Å². The summed E-state index contributed by atoms with van der Waals surface area (Å²) >= 11 is 12.0. The van der Waals surface area contributed by atoms with Gasteiger partial charge in [0.15, 0.2) is 0 Å². The van der Waals surface area contributed by atoms with Crippen LogP contribution in [0.25, 0.3) is 11.0 Å². The normalized spacial score (nSPS) is 20.1. The minimum Gasteiger partial charge on any atom is -0.460 e. The molecule has 0 radical (unpaired) electrons. The lowest BCUT2D eigenvalue weighted by atomic mass is 9.85. The van der Waals surface area contributed by atoms with E-state index in [-0.39, 0.29) is 5.91 Å². The molecule has 1 N–H and O–H groups in total. The van der Waals surface area contributed by atoms with Crippen molar-refractivity contribution >= 4 is 45.8 Å². The molecule has 0 saturated carbocycles. The highest BCUT2D eigenvalue weighted by molar-refractivity contribution is 6.42. The van der Waals surface area contributed by atoms with Gasteiger partial charge < -0.3 is 9.73 Å². The third-order valence-electron chi connectivity index (χ3n) is 5.06. The Labute approximate surface area is 161 Å². The highest BCUT2D eigenvalue weighted by atomic mass is 35.5. The molecule has 1 aromatic heterocycles. The van der Waals surface area contributed by atoms with E-state index >= 15 is 0 Å². The van der Waals surface area contributed by atoms with Crippen LogP contribution in [0, 0.1) is 0 Å². The van der Waals surface area contributed by atoms with Crippen molar-refractivity contribution in [2.24, 2.45) is 0 Å². The number of anilines is 1. The monoisotopic (exact) mass is 388 g/mol. The number of benzene rings is 2. The van der Waals surface area contributed by atoms with Crippen LogP contribution in [0.2, 0.25) is 10.0 Å². The molecule has 2 aromatic carbocycles. The zero-order valence-corrected chi connectivity index (χ0v) is 15.8. The number of halogens is 2. The highest BCUT2D eigenvalue weighted by Crippen LogP contribution is 2.35. The number of hydrogen-bond donors (Lipinski definition) is 1. The van der Waals surface area contributed by atoms with Gasteiger partial charge >= 0.3 is 0 Å². The molecule has 6 heteroatoms. The van der Waals surface area contributed by atoms with Crippen molar-refractivity contribution in [3.05, 3.63) is 64.3 Å². The van der Waals surface area contributed by atoms with Crippen molar-refractivity contribution in [3.63, 3.8) is 0 Å². The molecule has 0 aliphatic carbocycles. The summed E-state index contributed by atoms with van der Waals surface area (Å²) in [6.07, 6.45) is 0.792. The largest absolute Gasteiger partial charge is 0.460 e. The summed E-state index contributed by atoms with van der Waals surface area (Å²) in [4.78, 5) is 14.9. The minimum absolute atomic E-state index is 0.0572. The van der Waals surface area contributed by atoms with Crippen LogP contribution in [-0.2, 0) is 11.3 Å². The third-order valence-corrected chi connectivity index (χ3v) is 5.80. The molecule has 4 rings (SSSR count). The van der Waals surface area contributed by atoms with Crippen LogP contribution in [0.5, 0.6) is 0 Å². The van der Waals surface area contributed by atoms with Crippen molar-refractivity contribution in [1.82, 2.24) is 4.90 Å². The van der Waals surface area contributed by atoms with Crippen LogP contribution in [0.3, 0.4) is 0 Å². The van der Waals surface area contributed by atoms with E-state index in [1.807, 2.05) is 37.3 Å².